The Hall–Kier alpha value is -3.02. The highest BCUT2D eigenvalue weighted by Gasteiger charge is 2.10. The molecular formula is C19H23N3O3. The van der Waals surface area contributed by atoms with Crippen LogP contribution in [0.5, 0.6) is 5.75 Å². The molecule has 0 radical (unpaired) electrons. The Morgan fingerprint density at radius 2 is 1.60 bits per heavy atom. The van der Waals surface area contributed by atoms with E-state index in [-0.39, 0.29) is 18.5 Å². The molecule has 132 valence electrons. The standard InChI is InChI=1S/C19H23N3O3/c1-3-22(4-2)19(24)21-16-11-8-12-17(13-16)25-14-18(23)20-15-9-6-5-7-10-15/h5-13H,3-4,14H2,1-2H3,(H,20,23)(H,21,24). The van der Waals surface area contributed by atoms with E-state index >= 15 is 0 Å². The molecule has 0 bridgehead atoms. The predicted molar refractivity (Wildman–Crippen MR) is 98.9 cm³/mol. The molecule has 0 saturated heterocycles. The van der Waals surface area contributed by atoms with Crippen LogP contribution in [0.4, 0.5) is 16.2 Å². The average molecular weight is 341 g/mol. The summed E-state index contributed by atoms with van der Waals surface area (Å²) in [5.41, 5.74) is 1.34. The molecule has 0 heterocycles. The monoisotopic (exact) mass is 341 g/mol. The summed E-state index contributed by atoms with van der Waals surface area (Å²) >= 11 is 0. The number of carbonyl (C=O) groups excluding carboxylic acids is 2. The minimum absolute atomic E-state index is 0.109. The summed E-state index contributed by atoms with van der Waals surface area (Å²) < 4.78 is 5.50. The molecule has 6 heteroatoms. The molecule has 25 heavy (non-hydrogen) atoms. The molecule has 2 aromatic carbocycles. The Morgan fingerprint density at radius 3 is 2.28 bits per heavy atom. The van der Waals surface area contributed by atoms with Gasteiger partial charge in [0, 0.05) is 30.5 Å². The highest BCUT2D eigenvalue weighted by molar-refractivity contribution is 5.92. The fraction of sp³-hybridized carbons (Fsp3) is 0.263. The smallest absolute Gasteiger partial charge is 0.321 e. The minimum Gasteiger partial charge on any atom is -0.484 e. The van der Waals surface area contributed by atoms with Crippen LogP contribution in [0.2, 0.25) is 0 Å². The summed E-state index contributed by atoms with van der Waals surface area (Å²) in [5, 5.41) is 5.57. The van der Waals surface area contributed by atoms with Gasteiger partial charge in [-0.05, 0) is 38.1 Å². The molecule has 6 nitrogen and oxygen atoms in total. The number of amides is 3. The summed E-state index contributed by atoms with van der Waals surface area (Å²) in [4.78, 5) is 25.6. The number of carbonyl (C=O) groups is 2. The zero-order valence-corrected chi connectivity index (χ0v) is 14.5. The van der Waals surface area contributed by atoms with E-state index in [4.69, 9.17) is 4.74 Å². The van der Waals surface area contributed by atoms with Crippen LogP contribution in [0.1, 0.15) is 13.8 Å². The van der Waals surface area contributed by atoms with E-state index in [1.165, 1.54) is 0 Å². The van der Waals surface area contributed by atoms with Crippen LogP contribution in [0.25, 0.3) is 0 Å². The number of hydrogen-bond acceptors (Lipinski definition) is 3. The topological polar surface area (TPSA) is 70.7 Å². The maximum absolute atomic E-state index is 12.1. The fourth-order valence-electron chi connectivity index (χ4n) is 2.24. The molecule has 0 aliphatic carbocycles. The van der Waals surface area contributed by atoms with E-state index in [0.717, 1.165) is 5.69 Å². The van der Waals surface area contributed by atoms with Gasteiger partial charge in [0.2, 0.25) is 0 Å². The molecule has 0 spiro atoms. The number of para-hydroxylation sites is 1. The van der Waals surface area contributed by atoms with Crippen LogP contribution >= 0.6 is 0 Å². The quantitative estimate of drug-likeness (QED) is 0.809. The van der Waals surface area contributed by atoms with Crippen molar-refractivity contribution in [3.63, 3.8) is 0 Å². The molecule has 0 atom stereocenters. The van der Waals surface area contributed by atoms with Gasteiger partial charge in [-0.25, -0.2) is 4.79 Å². The Kier molecular flexibility index (Phi) is 6.83. The zero-order chi connectivity index (χ0) is 18.1. The van der Waals surface area contributed by atoms with Gasteiger partial charge >= 0.3 is 6.03 Å². The van der Waals surface area contributed by atoms with Crippen molar-refractivity contribution in [2.45, 2.75) is 13.8 Å². The van der Waals surface area contributed by atoms with Crippen molar-refractivity contribution in [2.24, 2.45) is 0 Å². The molecule has 0 saturated carbocycles. The molecule has 0 aromatic heterocycles. The van der Waals surface area contributed by atoms with Gasteiger partial charge in [-0.1, -0.05) is 24.3 Å². The van der Waals surface area contributed by atoms with Gasteiger partial charge in [-0.2, -0.15) is 0 Å². The second-order valence-electron chi connectivity index (χ2n) is 5.33. The number of nitrogens with zero attached hydrogens (tertiary/aromatic N) is 1. The molecule has 2 aromatic rings. The van der Waals surface area contributed by atoms with Gasteiger partial charge in [-0.15, -0.1) is 0 Å². The fourth-order valence-corrected chi connectivity index (χ4v) is 2.24. The van der Waals surface area contributed by atoms with Gasteiger partial charge in [-0.3, -0.25) is 4.79 Å². The highest BCUT2D eigenvalue weighted by atomic mass is 16.5. The van der Waals surface area contributed by atoms with Gasteiger partial charge in [0.1, 0.15) is 5.75 Å². The van der Waals surface area contributed by atoms with Gasteiger partial charge in [0.05, 0.1) is 0 Å². The molecular weight excluding hydrogens is 318 g/mol. The van der Waals surface area contributed by atoms with Crippen LogP contribution in [-0.2, 0) is 4.79 Å². The second kappa shape index (κ2) is 9.32. The predicted octanol–water partition coefficient (Wildman–Crippen LogP) is 3.58. The number of hydrogen-bond donors (Lipinski definition) is 2. The van der Waals surface area contributed by atoms with Crippen molar-refractivity contribution in [2.75, 3.05) is 30.3 Å². The third kappa shape index (κ3) is 5.84. The van der Waals surface area contributed by atoms with Crippen LogP contribution < -0.4 is 15.4 Å². The first-order valence-corrected chi connectivity index (χ1v) is 8.26. The van der Waals surface area contributed by atoms with Gasteiger partial charge < -0.3 is 20.3 Å². The lowest BCUT2D eigenvalue weighted by Gasteiger charge is -2.19. The molecule has 2 rings (SSSR count). The van der Waals surface area contributed by atoms with E-state index in [1.54, 1.807) is 41.3 Å². The van der Waals surface area contributed by atoms with Crippen molar-refractivity contribution in [3.05, 3.63) is 54.6 Å². The lowest BCUT2D eigenvalue weighted by Crippen LogP contribution is -2.34. The SMILES string of the molecule is CCN(CC)C(=O)Nc1cccc(OCC(=O)Nc2ccccc2)c1. The first kappa shape index (κ1) is 18.3. The average Bonchev–Trinajstić information content (AvgIpc) is 2.62. The lowest BCUT2D eigenvalue weighted by molar-refractivity contribution is -0.118. The second-order valence-corrected chi connectivity index (χ2v) is 5.33. The maximum atomic E-state index is 12.1. The Labute approximate surface area is 147 Å². The lowest BCUT2D eigenvalue weighted by atomic mass is 10.3. The molecule has 0 unspecified atom stereocenters. The third-order valence-corrected chi connectivity index (χ3v) is 3.56. The van der Waals surface area contributed by atoms with Gasteiger partial charge in [0.15, 0.2) is 6.61 Å². The molecule has 0 aliphatic heterocycles. The summed E-state index contributed by atoms with van der Waals surface area (Å²) in [6.45, 7) is 5.01. The Morgan fingerprint density at radius 1 is 0.920 bits per heavy atom. The first-order chi connectivity index (χ1) is 12.1. The van der Waals surface area contributed by atoms with Crippen LogP contribution in [0, 0.1) is 0 Å². The van der Waals surface area contributed by atoms with E-state index < -0.39 is 0 Å². The summed E-state index contributed by atoms with van der Waals surface area (Å²) in [6, 6.07) is 16.0. The number of benzene rings is 2. The number of ether oxygens (including phenoxy) is 1. The minimum atomic E-state index is -0.247. The van der Waals surface area contributed by atoms with E-state index in [0.29, 0.717) is 24.5 Å². The number of urea groups is 1. The number of nitrogens with one attached hydrogen (secondary N) is 2. The summed E-state index contributed by atoms with van der Waals surface area (Å²) in [6.07, 6.45) is 0. The summed E-state index contributed by atoms with van der Waals surface area (Å²) in [7, 11) is 0. The van der Waals surface area contributed by atoms with Crippen LogP contribution in [0.3, 0.4) is 0 Å². The number of rotatable bonds is 7. The number of anilines is 2. The van der Waals surface area contributed by atoms with Crippen molar-refractivity contribution < 1.29 is 14.3 Å². The zero-order valence-electron chi connectivity index (χ0n) is 14.5. The highest BCUT2D eigenvalue weighted by Crippen LogP contribution is 2.18. The van der Waals surface area contributed by atoms with Crippen molar-refractivity contribution in [3.8, 4) is 5.75 Å². The molecule has 3 amide bonds. The maximum Gasteiger partial charge on any atom is 0.321 e. The van der Waals surface area contributed by atoms with Crippen molar-refractivity contribution >= 4 is 23.3 Å². The Bertz CT molecular complexity index is 700. The summed E-state index contributed by atoms with van der Waals surface area (Å²) in [5.74, 6) is 0.268. The normalized spacial score (nSPS) is 10.0. The van der Waals surface area contributed by atoms with Crippen molar-refractivity contribution in [1.82, 2.24) is 4.90 Å². The van der Waals surface area contributed by atoms with E-state index in [2.05, 4.69) is 10.6 Å². The van der Waals surface area contributed by atoms with E-state index in [1.807, 2.05) is 32.0 Å². The molecule has 0 fully saturated rings. The van der Waals surface area contributed by atoms with Crippen LogP contribution in [0.15, 0.2) is 54.6 Å². The first-order valence-electron chi connectivity index (χ1n) is 8.26. The van der Waals surface area contributed by atoms with E-state index in [9.17, 15) is 9.59 Å². The van der Waals surface area contributed by atoms with Crippen molar-refractivity contribution in [1.29, 1.82) is 0 Å². The third-order valence-electron chi connectivity index (χ3n) is 3.56. The largest absolute Gasteiger partial charge is 0.484 e. The molecule has 2 N–H and O–H groups in total. The van der Waals surface area contributed by atoms with Gasteiger partial charge in [0.25, 0.3) is 5.91 Å². The Balaban J connectivity index is 1.88. The molecule has 0 aliphatic rings. The van der Waals surface area contributed by atoms with Crippen LogP contribution in [-0.4, -0.2) is 36.5 Å².